The van der Waals surface area contributed by atoms with Crippen LogP contribution in [0.4, 0.5) is 0 Å². The average Bonchev–Trinajstić information content (AvgIpc) is 2.23. The maximum Gasteiger partial charge on any atom is 0.323 e. The van der Waals surface area contributed by atoms with Gasteiger partial charge in [-0.2, -0.15) is 0 Å². The van der Waals surface area contributed by atoms with Crippen molar-refractivity contribution < 1.29 is 9.53 Å². The summed E-state index contributed by atoms with van der Waals surface area (Å²) in [5.74, 6) is -0.310. The lowest BCUT2D eigenvalue weighted by atomic mass is 10.1. The largest absolute Gasteiger partial charge is 0.462 e. The van der Waals surface area contributed by atoms with Crippen LogP contribution in [0.15, 0.2) is 4.99 Å². The Morgan fingerprint density at radius 1 is 1.41 bits per heavy atom. The summed E-state index contributed by atoms with van der Waals surface area (Å²) in [5.41, 5.74) is 16.0. The number of aliphatic imine (C=N–C) groups is 1. The summed E-state index contributed by atoms with van der Waals surface area (Å²) in [6, 6.07) is -0.594. The van der Waals surface area contributed by atoms with Crippen LogP contribution in [0.1, 0.15) is 33.1 Å². The summed E-state index contributed by atoms with van der Waals surface area (Å²) >= 11 is 0. The van der Waals surface area contributed by atoms with E-state index in [2.05, 4.69) is 4.99 Å². The number of rotatable bonds is 7. The molecule has 1 unspecified atom stereocenters. The van der Waals surface area contributed by atoms with Crippen molar-refractivity contribution in [2.75, 3.05) is 6.54 Å². The highest BCUT2D eigenvalue weighted by molar-refractivity contribution is 5.85. The molecule has 0 bridgehead atoms. The van der Waals surface area contributed by atoms with Crippen LogP contribution >= 0.6 is 12.4 Å². The normalized spacial score (nSPS) is 13.1. The van der Waals surface area contributed by atoms with E-state index in [0.29, 0.717) is 19.4 Å². The number of hydrogen-bond acceptors (Lipinski definition) is 4. The second kappa shape index (κ2) is 10.2. The van der Waals surface area contributed by atoms with Gasteiger partial charge >= 0.3 is 5.97 Å². The van der Waals surface area contributed by atoms with Crippen LogP contribution in [0.2, 0.25) is 0 Å². The number of halogens is 1. The van der Waals surface area contributed by atoms with Crippen molar-refractivity contribution in [3.8, 4) is 0 Å². The van der Waals surface area contributed by atoms with Gasteiger partial charge in [-0.25, -0.2) is 0 Å². The van der Waals surface area contributed by atoms with Gasteiger partial charge in [-0.1, -0.05) is 6.92 Å². The molecule has 17 heavy (non-hydrogen) atoms. The van der Waals surface area contributed by atoms with Gasteiger partial charge in [0.25, 0.3) is 0 Å². The Morgan fingerprint density at radius 2 is 2.00 bits per heavy atom. The lowest BCUT2D eigenvalue weighted by Crippen LogP contribution is -2.34. The van der Waals surface area contributed by atoms with Gasteiger partial charge in [0.1, 0.15) is 6.04 Å². The van der Waals surface area contributed by atoms with Crippen LogP contribution in [-0.2, 0) is 9.53 Å². The number of nitrogens with two attached hydrogens (primary N) is 3. The number of guanidine groups is 1. The van der Waals surface area contributed by atoms with E-state index >= 15 is 0 Å². The average molecular weight is 267 g/mol. The summed E-state index contributed by atoms with van der Waals surface area (Å²) in [4.78, 5) is 15.2. The fourth-order valence-electron chi connectivity index (χ4n) is 1.01. The van der Waals surface area contributed by atoms with Gasteiger partial charge in [-0.05, 0) is 26.2 Å². The minimum Gasteiger partial charge on any atom is -0.462 e. The molecule has 0 radical (unpaired) electrons. The molecule has 0 fully saturated rings. The SMILES string of the molecule is CCC(C)OC(=O)[C@@H](N)CCCN=C(N)N.Cl. The van der Waals surface area contributed by atoms with Gasteiger partial charge < -0.3 is 21.9 Å². The lowest BCUT2D eigenvalue weighted by molar-refractivity contribution is -0.150. The van der Waals surface area contributed by atoms with Gasteiger partial charge in [0.05, 0.1) is 6.10 Å². The van der Waals surface area contributed by atoms with Gasteiger partial charge in [0.15, 0.2) is 5.96 Å². The molecule has 0 amide bonds. The van der Waals surface area contributed by atoms with Crippen molar-refractivity contribution in [2.24, 2.45) is 22.2 Å². The molecule has 0 aromatic heterocycles. The molecule has 0 saturated carbocycles. The van der Waals surface area contributed by atoms with E-state index < -0.39 is 6.04 Å². The maximum atomic E-state index is 11.4. The smallest absolute Gasteiger partial charge is 0.323 e. The summed E-state index contributed by atoms with van der Waals surface area (Å²) in [7, 11) is 0. The molecule has 2 atom stereocenters. The molecule has 0 aromatic carbocycles. The Kier molecular flexibility index (Phi) is 11.0. The third kappa shape index (κ3) is 9.89. The molecule has 6 N–H and O–H groups in total. The predicted octanol–water partition coefficient (Wildman–Crippen LogP) is 0.131. The van der Waals surface area contributed by atoms with Crippen LogP contribution in [0.3, 0.4) is 0 Å². The lowest BCUT2D eigenvalue weighted by Gasteiger charge is -2.14. The highest BCUT2D eigenvalue weighted by Crippen LogP contribution is 2.02. The molecule has 7 heteroatoms. The first-order valence-corrected chi connectivity index (χ1v) is 5.48. The second-order valence-corrected chi connectivity index (χ2v) is 3.71. The Balaban J connectivity index is 0. The van der Waals surface area contributed by atoms with Gasteiger partial charge in [0, 0.05) is 6.54 Å². The summed E-state index contributed by atoms with van der Waals surface area (Å²) < 4.78 is 5.09. The van der Waals surface area contributed by atoms with E-state index in [9.17, 15) is 4.79 Å². The first kappa shape index (κ1) is 18.4. The van der Waals surface area contributed by atoms with E-state index in [0.717, 1.165) is 6.42 Å². The quantitative estimate of drug-likeness (QED) is 0.262. The molecular weight excluding hydrogens is 244 g/mol. The van der Waals surface area contributed by atoms with Crippen molar-refractivity contribution in [1.82, 2.24) is 0 Å². The van der Waals surface area contributed by atoms with Crippen LogP contribution in [0, 0.1) is 0 Å². The molecule has 0 rings (SSSR count). The summed E-state index contributed by atoms with van der Waals surface area (Å²) in [6.07, 6.45) is 1.88. The summed E-state index contributed by atoms with van der Waals surface area (Å²) in [6.45, 7) is 4.26. The fourth-order valence-corrected chi connectivity index (χ4v) is 1.01. The standard InChI is InChI=1S/C10H22N4O2.ClH/c1-3-7(2)16-9(15)8(11)5-4-6-14-10(12)13;/h7-8H,3-6,11H2,1-2H3,(H4,12,13,14);1H/t7?,8-;/m0./s1. The number of esters is 1. The molecule has 0 aliphatic rings. The zero-order chi connectivity index (χ0) is 12.6. The van der Waals surface area contributed by atoms with Crippen molar-refractivity contribution in [2.45, 2.75) is 45.3 Å². The van der Waals surface area contributed by atoms with Crippen LogP contribution in [0.25, 0.3) is 0 Å². The van der Waals surface area contributed by atoms with E-state index in [4.69, 9.17) is 21.9 Å². The number of ether oxygens (including phenoxy) is 1. The third-order valence-electron chi connectivity index (χ3n) is 2.16. The first-order valence-electron chi connectivity index (χ1n) is 5.48. The molecular formula is C10H23ClN4O2. The van der Waals surface area contributed by atoms with Crippen molar-refractivity contribution in [1.29, 1.82) is 0 Å². The van der Waals surface area contributed by atoms with Gasteiger partial charge in [-0.3, -0.25) is 9.79 Å². The van der Waals surface area contributed by atoms with Crippen molar-refractivity contribution >= 4 is 24.3 Å². The monoisotopic (exact) mass is 266 g/mol. The molecule has 0 aliphatic heterocycles. The zero-order valence-electron chi connectivity index (χ0n) is 10.4. The van der Waals surface area contributed by atoms with E-state index in [1.54, 1.807) is 0 Å². The molecule has 0 heterocycles. The Morgan fingerprint density at radius 3 is 2.47 bits per heavy atom. The Labute approximate surface area is 108 Å². The van der Waals surface area contributed by atoms with Crippen molar-refractivity contribution in [3.05, 3.63) is 0 Å². The second-order valence-electron chi connectivity index (χ2n) is 3.71. The summed E-state index contributed by atoms with van der Waals surface area (Å²) in [5, 5.41) is 0. The minimum absolute atomic E-state index is 0. The Hall–Kier alpha value is -1.01. The molecule has 0 aromatic rings. The third-order valence-corrected chi connectivity index (χ3v) is 2.16. The van der Waals surface area contributed by atoms with E-state index in [1.807, 2.05) is 13.8 Å². The zero-order valence-corrected chi connectivity index (χ0v) is 11.2. The van der Waals surface area contributed by atoms with Crippen LogP contribution in [-0.4, -0.2) is 30.6 Å². The number of carbonyl (C=O) groups is 1. The number of carbonyl (C=O) groups excluding carboxylic acids is 1. The maximum absolute atomic E-state index is 11.4. The molecule has 102 valence electrons. The topological polar surface area (TPSA) is 117 Å². The number of nitrogens with zero attached hydrogens (tertiary/aromatic N) is 1. The van der Waals surface area contributed by atoms with Gasteiger partial charge in [0.2, 0.25) is 0 Å². The van der Waals surface area contributed by atoms with Crippen LogP contribution < -0.4 is 17.2 Å². The molecule has 0 aliphatic carbocycles. The highest BCUT2D eigenvalue weighted by Gasteiger charge is 2.16. The molecule has 0 saturated heterocycles. The fraction of sp³-hybridized carbons (Fsp3) is 0.800. The van der Waals surface area contributed by atoms with E-state index in [-0.39, 0.29) is 30.4 Å². The molecule has 0 spiro atoms. The number of hydrogen-bond donors (Lipinski definition) is 3. The Bertz CT molecular complexity index is 244. The van der Waals surface area contributed by atoms with E-state index in [1.165, 1.54) is 0 Å². The van der Waals surface area contributed by atoms with Crippen LogP contribution in [0.5, 0.6) is 0 Å². The predicted molar refractivity (Wildman–Crippen MR) is 71.0 cm³/mol. The highest BCUT2D eigenvalue weighted by atomic mass is 35.5. The minimum atomic E-state index is -0.594. The van der Waals surface area contributed by atoms with Crippen molar-refractivity contribution in [3.63, 3.8) is 0 Å². The van der Waals surface area contributed by atoms with Gasteiger partial charge in [-0.15, -0.1) is 12.4 Å². The molecule has 6 nitrogen and oxygen atoms in total. The first-order chi connectivity index (χ1) is 7.47.